The van der Waals surface area contributed by atoms with Crippen LogP contribution in [0.15, 0.2) is 97.2 Å². The van der Waals surface area contributed by atoms with Gasteiger partial charge in [-0.3, -0.25) is 9.48 Å². The second kappa shape index (κ2) is 9.65. The maximum Gasteiger partial charge on any atom is 0.273 e. The first-order chi connectivity index (χ1) is 14.8. The number of hydrogen-bond donors (Lipinski definition) is 1. The molecule has 0 aliphatic carbocycles. The number of aromatic nitrogens is 3. The topological polar surface area (TPSA) is 59.8 Å². The molecule has 0 saturated carbocycles. The first-order valence-corrected chi connectivity index (χ1v) is 10.1. The Labute approximate surface area is 176 Å². The molecular weight excluding hydrogens is 372 g/mol. The van der Waals surface area contributed by atoms with Crippen LogP contribution in [0.2, 0.25) is 0 Å². The average molecular weight is 396 g/mol. The predicted octanol–water partition coefficient (Wildman–Crippen LogP) is 4.23. The molecule has 0 bridgehead atoms. The van der Waals surface area contributed by atoms with E-state index in [1.165, 1.54) is 5.56 Å². The first kappa shape index (κ1) is 19.6. The van der Waals surface area contributed by atoms with Crippen LogP contribution in [0.5, 0.6) is 0 Å². The van der Waals surface area contributed by atoms with Crippen molar-refractivity contribution in [2.45, 2.75) is 25.4 Å². The molecule has 0 aliphatic rings. The van der Waals surface area contributed by atoms with Gasteiger partial charge in [0.05, 0.1) is 12.2 Å². The van der Waals surface area contributed by atoms with E-state index in [0.717, 1.165) is 17.5 Å². The monoisotopic (exact) mass is 396 g/mol. The van der Waals surface area contributed by atoms with Crippen LogP contribution in [0.1, 0.15) is 33.2 Å². The van der Waals surface area contributed by atoms with Crippen LogP contribution >= 0.6 is 0 Å². The molecular formula is C25H24N4O. The normalized spacial score (nSPS) is 11.7. The molecule has 1 unspecified atom stereocenters. The van der Waals surface area contributed by atoms with Gasteiger partial charge in [-0.2, -0.15) is 0 Å². The van der Waals surface area contributed by atoms with E-state index < -0.39 is 0 Å². The van der Waals surface area contributed by atoms with Gasteiger partial charge in [0.25, 0.3) is 5.91 Å². The molecule has 1 atom stereocenters. The Balaban J connectivity index is 1.44. The van der Waals surface area contributed by atoms with Crippen molar-refractivity contribution in [1.29, 1.82) is 0 Å². The highest BCUT2D eigenvalue weighted by molar-refractivity contribution is 5.92. The van der Waals surface area contributed by atoms with Crippen molar-refractivity contribution in [2.75, 3.05) is 0 Å². The van der Waals surface area contributed by atoms with E-state index in [2.05, 4.69) is 39.9 Å². The molecule has 5 heteroatoms. The van der Waals surface area contributed by atoms with Gasteiger partial charge in [0, 0.05) is 6.54 Å². The maximum atomic E-state index is 12.9. The van der Waals surface area contributed by atoms with Gasteiger partial charge in [0.2, 0.25) is 0 Å². The number of carbonyl (C=O) groups is 1. The number of carbonyl (C=O) groups excluding carboxylic acids is 1. The van der Waals surface area contributed by atoms with Gasteiger partial charge < -0.3 is 5.32 Å². The molecule has 4 aromatic rings. The molecule has 1 aromatic heterocycles. The third-order valence-corrected chi connectivity index (χ3v) is 5.03. The summed E-state index contributed by atoms with van der Waals surface area (Å²) >= 11 is 0. The van der Waals surface area contributed by atoms with E-state index in [0.29, 0.717) is 18.7 Å². The summed E-state index contributed by atoms with van der Waals surface area (Å²) in [5.74, 6) is -0.217. The molecule has 0 radical (unpaired) electrons. The van der Waals surface area contributed by atoms with E-state index in [4.69, 9.17) is 0 Å². The minimum Gasteiger partial charge on any atom is -0.343 e. The lowest BCUT2D eigenvalue weighted by molar-refractivity contribution is 0.0931. The zero-order valence-electron chi connectivity index (χ0n) is 16.7. The average Bonchev–Trinajstić information content (AvgIpc) is 3.29. The number of hydrogen-bond acceptors (Lipinski definition) is 3. The van der Waals surface area contributed by atoms with Gasteiger partial charge in [-0.05, 0) is 29.5 Å². The lowest BCUT2D eigenvalue weighted by atomic mass is 9.99. The summed E-state index contributed by atoms with van der Waals surface area (Å²) in [4.78, 5) is 12.9. The van der Waals surface area contributed by atoms with Crippen molar-refractivity contribution < 1.29 is 4.79 Å². The second-order valence-electron chi connectivity index (χ2n) is 7.23. The third kappa shape index (κ3) is 5.20. The highest BCUT2D eigenvalue weighted by Crippen LogP contribution is 2.19. The Morgan fingerprint density at radius 1 is 0.833 bits per heavy atom. The van der Waals surface area contributed by atoms with Crippen LogP contribution in [0.4, 0.5) is 0 Å². The van der Waals surface area contributed by atoms with E-state index >= 15 is 0 Å². The second-order valence-corrected chi connectivity index (χ2v) is 7.23. The Morgan fingerprint density at radius 3 is 2.10 bits per heavy atom. The fourth-order valence-corrected chi connectivity index (χ4v) is 3.42. The fraction of sp³-hybridized carbons (Fsp3) is 0.160. The minimum atomic E-state index is -0.217. The third-order valence-electron chi connectivity index (χ3n) is 5.03. The lowest BCUT2D eigenvalue weighted by Gasteiger charge is -2.19. The van der Waals surface area contributed by atoms with Crippen LogP contribution < -0.4 is 5.32 Å². The molecule has 1 amide bonds. The van der Waals surface area contributed by atoms with Crippen LogP contribution in [0.3, 0.4) is 0 Å². The van der Waals surface area contributed by atoms with E-state index in [1.54, 1.807) is 10.9 Å². The van der Waals surface area contributed by atoms with Gasteiger partial charge in [-0.1, -0.05) is 96.2 Å². The maximum absolute atomic E-state index is 12.9. The molecule has 0 spiro atoms. The van der Waals surface area contributed by atoms with Gasteiger partial charge in [0.1, 0.15) is 0 Å². The molecule has 5 nitrogen and oxygen atoms in total. The molecule has 150 valence electrons. The van der Waals surface area contributed by atoms with Crippen molar-refractivity contribution in [3.05, 3.63) is 120 Å². The Morgan fingerprint density at radius 2 is 1.43 bits per heavy atom. The van der Waals surface area contributed by atoms with Crippen LogP contribution in [0, 0.1) is 0 Å². The summed E-state index contributed by atoms with van der Waals surface area (Å²) in [6.45, 7) is 0.677. The van der Waals surface area contributed by atoms with E-state index in [9.17, 15) is 4.79 Å². The van der Waals surface area contributed by atoms with Gasteiger partial charge >= 0.3 is 0 Å². The van der Waals surface area contributed by atoms with Gasteiger partial charge in [0.15, 0.2) is 5.69 Å². The fourth-order valence-electron chi connectivity index (χ4n) is 3.42. The largest absolute Gasteiger partial charge is 0.343 e. The summed E-state index contributed by atoms with van der Waals surface area (Å²) in [7, 11) is 0. The van der Waals surface area contributed by atoms with Crippen LogP contribution in [-0.2, 0) is 19.4 Å². The number of aryl methyl sites for hydroxylation is 2. The predicted molar refractivity (Wildman–Crippen MR) is 117 cm³/mol. The van der Waals surface area contributed by atoms with Crippen molar-refractivity contribution in [1.82, 2.24) is 20.3 Å². The number of amides is 1. The molecule has 0 saturated heterocycles. The van der Waals surface area contributed by atoms with Crippen molar-refractivity contribution >= 4 is 5.91 Å². The summed E-state index contributed by atoms with van der Waals surface area (Å²) in [6.07, 6.45) is 3.26. The molecule has 1 N–H and O–H groups in total. The highest BCUT2D eigenvalue weighted by Gasteiger charge is 2.18. The Bertz CT molecular complexity index is 1060. The number of nitrogens with one attached hydrogen (secondary N) is 1. The standard InChI is InChI=1S/C25H24N4O/c30-25(24-19-29(28-27-24)17-16-20-10-4-1-5-11-20)26-23(22-14-8-3-9-15-22)18-21-12-6-2-7-13-21/h1-15,19,23H,16-18H2,(H,26,30). The summed E-state index contributed by atoms with van der Waals surface area (Å²) in [6, 6.07) is 30.2. The summed E-state index contributed by atoms with van der Waals surface area (Å²) in [5.41, 5.74) is 3.78. The minimum absolute atomic E-state index is 0.143. The Hall–Kier alpha value is -3.73. The van der Waals surface area contributed by atoms with Crippen molar-refractivity contribution in [3.63, 3.8) is 0 Å². The summed E-state index contributed by atoms with van der Waals surface area (Å²) < 4.78 is 1.72. The zero-order valence-corrected chi connectivity index (χ0v) is 16.7. The van der Waals surface area contributed by atoms with Crippen LogP contribution in [-0.4, -0.2) is 20.9 Å². The Kier molecular flexibility index (Phi) is 6.30. The zero-order chi connectivity index (χ0) is 20.6. The molecule has 30 heavy (non-hydrogen) atoms. The van der Waals surface area contributed by atoms with Gasteiger partial charge in [-0.15, -0.1) is 5.10 Å². The smallest absolute Gasteiger partial charge is 0.273 e. The van der Waals surface area contributed by atoms with Crippen molar-refractivity contribution in [3.8, 4) is 0 Å². The van der Waals surface area contributed by atoms with Gasteiger partial charge in [-0.25, -0.2) is 0 Å². The first-order valence-electron chi connectivity index (χ1n) is 10.1. The van der Waals surface area contributed by atoms with Crippen molar-refractivity contribution in [2.24, 2.45) is 0 Å². The summed E-state index contributed by atoms with van der Waals surface area (Å²) in [5, 5.41) is 11.3. The lowest BCUT2D eigenvalue weighted by Crippen LogP contribution is -2.30. The molecule has 4 rings (SSSR count). The van der Waals surface area contributed by atoms with E-state index in [-0.39, 0.29) is 11.9 Å². The quantitative estimate of drug-likeness (QED) is 0.485. The number of benzene rings is 3. The highest BCUT2D eigenvalue weighted by atomic mass is 16.2. The molecule has 3 aromatic carbocycles. The van der Waals surface area contributed by atoms with Crippen LogP contribution in [0.25, 0.3) is 0 Å². The molecule has 0 aliphatic heterocycles. The SMILES string of the molecule is O=C(NC(Cc1ccccc1)c1ccccc1)c1cn(CCc2ccccc2)nn1. The molecule has 0 fully saturated rings. The number of nitrogens with zero attached hydrogens (tertiary/aromatic N) is 3. The number of rotatable bonds is 8. The van der Waals surface area contributed by atoms with E-state index in [1.807, 2.05) is 66.7 Å². The molecule has 1 heterocycles.